The van der Waals surface area contributed by atoms with Gasteiger partial charge in [0.1, 0.15) is 6.10 Å². The molecular weight excluding hydrogens is 430 g/mol. The smallest absolute Gasteiger partial charge is 0.219 e. The van der Waals surface area contributed by atoms with Crippen LogP contribution >= 0.6 is 0 Å². The molecule has 1 aliphatic rings. The van der Waals surface area contributed by atoms with Gasteiger partial charge in [0.05, 0.1) is 41.3 Å². The number of rotatable bonds is 2. The van der Waals surface area contributed by atoms with Gasteiger partial charge in [-0.2, -0.15) is 15.3 Å². The minimum absolute atomic E-state index is 0.0582. The maximum atomic E-state index is 9.95. The molecular formula is C25H31N7O2. The normalized spacial score (nSPS) is 18.7. The fourth-order valence-corrected chi connectivity index (χ4v) is 4.63. The Balaban J connectivity index is 1.66. The molecule has 0 aliphatic carbocycles. The number of nitrogens with one attached hydrogen (secondary N) is 1. The third-order valence-corrected chi connectivity index (χ3v) is 6.26. The van der Waals surface area contributed by atoms with E-state index in [0.29, 0.717) is 13.1 Å². The Morgan fingerprint density at radius 3 is 2.88 bits per heavy atom. The fraction of sp³-hybridized carbons (Fsp3) is 0.400. The number of aromatic amines is 1. The van der Waals surface area contributed by atoms with Crippen molar-refractivity contribution in [2.45, 2.75) is 46.1 Å². The minimum atomic E-state index is -0.478. The lowest BCUT2D eigenvalue weighted by molar-refractivity contribution is 0.147. The molecule has 0 spiro atoms. The first-order chi connectivity index (χ1) is 16.3. The maximum Gasteiger partial charge on any atom is 0.219 e. The van der Waals surface area contributed by atoms with Crippen LogP contribution in [0.15, 0.2) is 24.4 Å². The Labute approximate surface area is 198 Å². The lowest BCUT2D eigenvalue weighted by Gasteiger charge is -2.22. The topological polar surface area (TPSA) is 97.0 Å². The molecule has 178 valence electrons. The average Bonchev–Trinajstić information content (AvgIpc) is 3.42. The third kappa shape index (κ3) is 4.12. The van der Waals surface area contributed by atoms with Gasteiger partial charge in [-0.1, -0.05) is 6.07 Å². The summed E-state index contributed by atoms with van der Waals surface area (Å²) in [6, 6.07) is 6.23. The second kappa shape index (κ2) is 8.73. The zero-order valence-corrected chi connectivity index (χ0v) is 20.3. The van der Waals surface area contributed by atoms with Crippen LogP contribution in [0.2, 0.25) is 0 Å². The van der Waals surface area contributed by atoms with Crippen molar-refractivity contribution in [3.05, 3.63) is 47.0 Å². The summed E-state index contributed by atoms with van der Waals surface area (Å²) < 4.78 is 10.1. The van der Waals surface area contributed by atoms with E-state index in [0.717, 1.165) is 57.1 Å². The molecule has 4 aromatic rings. The summed E-state index contributed by atoms with van der Waals surface area (Å²) in [6.45, 7) is 7.72. The Hall–Kier alpha value is -3.43. The number of aromatic nitrogens is 6. The molecule has 3 aromatic heterocycles. The van der Waals surface area contributed by atoms with Gasteiger partial charge in [0, 0.05) is 36.8 Å². The predicted molar refractivity (Wildman–Crippen MR) is 132 cm³/mol. The molecule has 5 rings (SSSR count). The predicted octanol–water partition coefficient (Wildman–Crippen LogP) is 3.23. The zero-order chi connectivity index (χ0) is 24.0. The van der Waals surface area contributed by atoms with Crippen molar-refractivity contribution in [2.24, 2.45) is 7.05 Å². The standard InChI is InChI=1S/C25H31N7O2/c1-15(33)12-32-17(3)19-7-9-23-20-10-18(6-8-22(20)27-28-23)21-11-26-31(5)25(21)34-16(2)13-30(4)14-24(19)29-32/h6-11,15-16,33H,12-14H2,1-5H3,(H,27,28)/b9-7+/t15-,16+/m1/s1. The highest BCUT2D eigenvalue weighted by molar-refractivity contribution is 5.93. The quantitative estimate of drug-likeness (QED) is 0.476. The highest BCUT2D eigenvalue weighted by Gasteiger charge is 2.20. The summed E-state index contributed by atoms with van der Waals surface area (Å²) in [7, 11) is 3.97. The largest absolute Gasteiger partial charge is 0.473 e. The lowest BCUT2D eigenvalue weighted by Crippen LogP contribution is -2.31. The van der Waals surface area contributed by atoms with E-state index in [1.54, 1.807) is 11.6 Å². The molecule has 0 saturated heterocycles. The zero-order valence-electron chi connectivity index (χ0n) is 20.3. The van der Waals surface area contributed by atoms with Crippen molar-refractivity contribution < 1.29 is 9.84 Å². The summed E-state index contributed by atoms with van der Waals surface area (Å²) in [5.41, 5.74) is 6.84. The van der Waals surface area contributed by atoms with Crippen LogP contribution in [-0.4, -0.2) is 65.6 Å². The second-order valence-corrected chi connectivity index (χ2v) is 9.29. The molecule has 0 radical (unpaired) electrons. The fourth-order valence-electron chi connectivity index (χ4n) is 4.63. The number of H-pyrrole nitrogens is 1. The van der Waals surface area contributed by atoms with Crippen LogP contribution < -0.4 is 4.74 Å². The number of nitrogens with zero attached hydrogens (tertiary/aromatic N) is 6. The van der Waals surface area contributed by atoms with E-state index < -0.39 is 6.10 Å². The van der Waals surface area contributed by atoms with Crippen molar-refractivity contribution in [1.29, 1.82) is 0 Å². The lowest BCUT2D eigenvalue weighted by atomic mass is 10.0. The van der Waals surface area contributed by atoms with E-state index in [4.69, 9.17) is 9.84 Å². The molecule has 1 aliphatic heterocycles. The van der Waals surface area contributed by atoms with Gasteiger partial charge in [0.2, 0.25) is 5.88 Å². The van der Waals surface area contributed by atoms with Crippen molar-refractivity contribution in [1.82, 2.24) is 34.7 Å². The first kappa shape index (κ1) is 22.4. The first-order valence-corrected chi connectivity index (χ1v) is 11.6. The Kier molecular flexibility index (Phi) is 5.75. The Morgan fingerprint density at radius 1 is 1.26 bits per heavy atom. The number of ether oxygens (including phenoxy) is 1. The second-order valence-electron chi connectivity index (χ2n) is 9.29. The Bertz CT molecular complexity index is 1360. The molecule has 2 atom stereocenters. The van der Waals surface area contributed by atoms with Gasteiger partial charge in [-0.3, -0.25) is 14.7 Å². The molecule has 0 amide bonds. The van der Waals surface area contributed by atoms with Gasteiger partial charge in [0.15, 0.2) is 0 Å². The van der Waals surface area contributed by atoms with Crippen LogP contribution in [0.4, 0.5) is 0 Å². The van der Waals surface area contributed by atoms with Gasteiger partial charge in [-0.05, 0) is 57.7 Å². The van der Waals surface area contributed by atoms with E-state index in [9.17, 15) is 5.11 Å². The van der Waals surface area contributed by atoms with Crippen molar-refractivity contribution in [3.63, 3.8) is 0 Å². The molecule has 0 fully saturated rings. The number of benzene rings is 1. The highest BCUT2D eigenvalue weighted by atomic mass is 16.5. The van der Waals surface area contributed by atoms with E-state index in [1.807, 2.05) is 37.0 Å². The van der Waals surface area contributed by atoms with Crippen molar-refractivity contribution in [2.75, 3.05) is 13.6 Å². The molecule has 0 saturated carbocycles. The summed E-state index contributed by atoms with van der Waals surface area (Å²) in [4.78, 5) is 2.21. The van der Waals surface area contributed by atoms with Crippen molar-refractivity contribution in [3.8, 4) is 17.0 Å². The van der Waals surface area contributed by atoms with Crippen LogP contribution in [0.1, 0.15) is 36.5 Å². The number of aryl methyl sites for hydroxylation is 1. The number of fused-ring (bicyclic) bond motifs is 4. The van der Waals surface area contributed by atoms with E-state index >= 15 is 0 Å². The number of hydrogen-bond acceptors (Lipinski definition) is 6. The molecule has 2 N–H and O–H groups in total. The van der Waals surface area contributed by atoms with Crippen LogP contribution in [0.5, 0.6) is 5.88 Å². The first-order valence-electron chi connectivity index (χ1n) is 11.6. The molecule has 4 heterocycles. The number of aliphatic hydroxyl groups excluding tert-OH is 1. The van der Waals surface area contributed by atoms with Gasteiger partial charge < -0.3 is 9.84 Å². The Morgan fingerprint density at radius 2 is 2.09 bits per heavy atom. The SMILES string of the molecule is Cc1c2c(nn1C[C@@H](C)O)CN(C)C[C@H](C)Oc1c(cnn1C)-c1ccc3[nH]nc(c3c1)/C=C/2. The van der Waals surface area contributed by atoms with Gasteiger partial charge in [-0.25, -0.2) is 4.68 Å². The van der Waals surface area contributed by atoms with E-state index in [2.05, 4.69) is 52.4 Å². The summed E-state index contributed by atoms with van der Waals surface area (Å²) in [6.07, 6.45) is 5.43. The summed E-state index contributed by atoms with van der Waals surface area (Å²) in [5.74, 6) is 0.744. The van der Waals surface area contributed by atoms with E-state index in [1.165, 1.54) is 0 Å². The number of aliphatic hydroxyl groups is 1. The van der Waals surface area contributed by atoms with Gasteiger partial charge in [0.25, 0.3) is 0 Å². The molecule has 1 aromatic carbocycles. The van der Waals surface area contributed by atoms with Gasteiger partial charge in [-0.15, -0.1) is 0 Å². The summed E-state index contributed by atoms with van der Waals surface area (Å²) in [5, 5.41) is 28.0. The monoisotopic (exact) mass is 461 g/mol. The van der Waals surface area contributed by atoms with Crippen LogP contribution in [-0.2, 0) is 20.1 Å². The molecule has 34 heavy (non-hydrogen) atoms. The van der Waals surface area contributed by atoms with Crippen molar-refractivity contribution >= 4 is 23.1 Å². The highest BCUT2D eigenvalue weighted by Crippen LogP contribution is 2.33. The van der Waals surface area contributed by atoms with E-state index in [-0.39, 0.29) is 6.10 Å². The number of likely N-dealkylation sites (N-methyl/N-ethyl adjacent to an activating group) is 1. The van der Waals surface area contributed by atoms with Crippen LogP contribution in [0.25, 0.3) is 34.2 Å². The average molecular weight is 462 g/mol. The molecule has 0 unspecified atom stereocenters. The summed E-state index contributed by atoms with van der Waals surface area (Å²) >= 11 is 0. The third-order valence-electron chi connectivity index (χ3n) is 6.26. The van der Waals surface area contributed by atoms with Gasteiger partial charge >= 0.3 is 0 Å². The van der Waals surface area contributed by atoms with Crippen LogP contribution in [0.3, 0.4) is 0 Å². The molecule has 9 heteroatoms. The molecule has 2 bridgehead atoms. The van der Waals surface area contributed by atoms with Crippen LogP contribution in [0, 0.1) is 6.92 Å². The molecule has 9 nitrogen and oxygen atoms in total. The minimum Gasteiger partial charge on any atom is -0.473 e. The number of hydrogen-bond donors (Lipinski definition) is 2. The maximum absolute atomic E-state index is 9.95.